The average molecular weight is 519 g/mol. The lowest BCUT2D eigenvalue weighted by Gasteiger charge is -2.22. The fourth-order valence-corrected chi connectivity index (χ4v) is 3.48. The van der Waals surface area contributed by atoms with Crippen LogP contribution in [0.3, 0.4) is 0 Å². The number of aliphatic imine (C=N–C) groups is 1. The molecule has 8 heteroatoms. The van der Waals surface area contributed by atoms with Crippen LogP contribution >= 0.6 is 24.0 Å². The predicted octanol–water partition coefficient (Wildman–Crippen LogP) is 3.36. The minimum absolute atomic E-state index is 0. The van der Waals surface area contributed by atoms with Gasteiger partial charge in [-0.2, -0.15) is 0 Å². The van der Waals surface area contributed by atoms with Crippen LogP contribution in [0.1, 0.15) is 46.1 Å². The third-order valence-corrected chi connectivity index (χ3v) is 5.06. The molecule has 1 heterocycles. The van der Waals surface area contributed by atoms with Crippen LogP contribution in [-0.2, 0) is 11.3 Å². The van der Waals surface area contributed by atoms with Crippen molar-refractivity contribution in [1.82, 2.24) is 15.5 Å². The van der Waals surface area contributed by atoms with E-state index in [2.05, 4.69) is 15.6 Å². The van der Waals surface area contributed by atoms with Gasteiger partial charge in [-0.25, -0.2) is 9.38 Å². The van der Waals surface area contributed by atoms with Crippen LogP contribution in [0.4, 0.5) is 10.1 Å². The van der Waals surface area contributed by atoms with E-state index in [4.69, 9.17) is 0 Å². The van der Waals surface area contributed by atoms with Crippen molar-refractivity contribution in [3.8, 4) is 0 Å². The van der Waals surface area contributed by atoms with Gasteiger partial charge in [0.1, 0.15) is 5.82 Å². The SMILES string of the molecule is CCNC(=NCc1ccc(N(CC)CC)c(F)c1)NC1CCN(C(=O)CC)C1.I. The summed E-state index contributed by atoms with van der Waals surface area (Å²) < 4.78 is 14.5. The van der Waals surface area contributed by atoms with E-state index in [1.807, 2.05) is 49.6 Å². The molecule has 0 spiro atoms. The van der Waals surface area contributed by atoms with Gasteiger partial charge >= 0.3 is 0 Å². The quantitative estimate of drug-likeness (QED) is 0.314. The molecule has 1 atom stereocenters. The molecular formula is C21H35FIN5O. The Morgan fingerprint density at radius 1 is 1.28 bits per heavy atom. The van der Waals surface area contributed by atoms with Gasteiger partial charge in [0, 0.05) is 45.2 Å². The highest BCUT2D eigenvalue weighted by atomic mass is 127. The van der Waals surface area contributed by atoms with E-state index in [1.54, 1.807) is 6.07 Å². The van der Waals surface area contributed by atoms with Gasteiger partial charge in [0.15, 0.2) is 5.96 Å². The molecule has 1 amide bonds. The molecule has 2 rings (SSSR count). The molecule has 1 aliphatic rings. The maximum absolute atomic E-state index is 14.5. The van der Waals surface area contributed by atoms with Gasteiger partial charge in [0.05, 0.1) is 12.2 Å². The highest BCUT2D eigenvalue weighted by Gasteiger charge is 2.25. The van der Waals surface area contributed by atoms with Gasteiger partial charge in [0.2, 0.25) is 5.91 Å². The summed E-state index contributed by atoms with van der Waals surface area (Å²) in [5, 5.41) is 6.64. The molecule has 1 aliphatic heterocycles. The number of anilines is 1. The van der Waals surface area contributed by atoms with Gasteiger partial charge < -0.3 is 20.4 Å². The van der Waals surface area contributed by atoms with Crippen molar-refractivity contribution in [1.29, 1.82) is 0 Å². The summed E-state index contributed by atoms with van der Waals surface area (Å²) in [6, 6.07) is 5.52. The van der Waals surface area contributed by atoms with E-state index in [0.717, 1.165) is 38.2 Å². The monoisotopic (exact) mass is 519 g/mol. The van der Waals surface area contributed by atoms with E-state index >= 15 is 0 Å². The van der Waals surface area contributed by atoms with Crippen LogP contribution in [-0.4, -0.2) is 55.5 Å². The number of likely N-dealkylation sites (tertiary alicyclic amines) is 1. The molecule has 0 bridgehead atoms. The standard InChI is InChI=1S/C21H34FN5O.HI/c1-5-20(28)27-12-11-17(15-27)25-21(23-6-2)24-14-16-9-10-19(18(22)13-16)26(7-3)8-4;/h9-10,13,17H,5-8,11-12,14-15H2,1-4H3,(H2,23,24,25);1H. The molecule has 29 heavy (non-hydrogen) atoms. The molecule has 0 saturated carbocycles. The molecule has 1 unspecified atom stereocenters. The maximum Gasteiger partial charge on any atom is 0.222 e. The minimum Gasteiger partial charge on any atom is -0.370 e. The van der Waals surface area contributed by atoms with Crippen molar-refractivity contribution in [2.24, 2.45) is 4.99 Å². The normalized spacial score (nSPS) is 16.4. The Morgan fingerprint density at radius 2 is 2.00 bits per heavy atom. The van der Waals surface area contributed by atoms with Crippen LogP contribution < -0.4 is 15.5 Å². The molecule has 1 fully saturated rings. The Hall–Kier alpha value is -1.58. The number of carbonyl (C=O) groups is 1. The highest BCUT2D eigenvalue weighted by molar-refractivity contribution is 14.0. The molecule has 1 saturated heterocycles. The topological polar surface area (TPSA) is 60.0 Å². The van der Waals surface area contributed by atoms with Crippen molar-refractivity contribution in [3.63, 3.8) is 0 Å². The van der Waals surface area contributed by atoms with Crippen molar-refractivity contribution >= 4 is 41.5 Å². The molecule has 0 aliphatic carbocycles. The van der Waals surface area contributed by atoms with Crippen molar-refractivity contribution in [2.45, 2.75) is 53.1 Å². The second-order valence-corrected chi connectivity index (χ2v) is 6.98. The van der Waals surface area contributed by atoms with Gasteiger partial charge in [0.25, 0.3) is 0 Å². The summed E-state index contributed by atoms with van der Waals surface area (Å²) >= 11 is 0. The Labute approximate surface area is 191 Å². The lowest BCUT2D eigenvalue weighted by Crippen LogP contribution is -2.45. The smallest absolute Gasteiger partial charge is 0.222 e. The zero-order chi connectivity index (χ0) is 20.5. The third-order valence-electron chi connectivity index (χ3n) is 5.06. The first kappa shape index (κ1) is 25.5. The zero-order valence-electron chi connectivity index (χ0n) is 18.0. The van der Waals surface area contributed by atoms with Crippen LogP contribution in [0.15, 0.2) is 23.2 Å². The maximum atomic E-state index is 14.5. The van der Waals surface area contributed by atoms with Gasteiger partial charge in [-0.05, 0) is 44.9 Å². The van der Waals surface area contributed by atoms with Crippen LogP contribution in [0.2, 0.25) is 0 Å². The number of benzene rings is 1. The molecule has 1 aromatic carbocycles. The Morgan fingerprint density at radius 3 is 2.59 bits per heavy atom. The first-order valence-corrected chi connectivity index (χ1v) is 10.4. The first-order chi connectivity index (χ1) is 13.5. The van der Waals surface area contributed by atoms with E-state index in [0.29, 0.717) is 31.2 Å². The molecule has 2 N–H and O–H groups in total. The molecule has 1 aromatic rings. The number of amides is 1. The molecule has 0 radical (unpaired) electrons. The van der Waals surface area contributed by atoms with Gasteiger partial charge in [-0.3, -0.25) is 4.79 Å². The van der Waals surface area contributed by atoms with E-state index in [1.165, 1.54) is 0 Å². The van der Waals surface area contributed by atoms with Gasteiger partial charge in [-0.15, -0.1) is 24.0 Å². The summed E-state index contributed by atoms with van der Waals surface area (Å²) in [4.78, 5) is 20.3. The van der Waals surface area contributed by atoms with Crippen LogP contribution in [0.25, 0.3) is 0 Å². The minimum atomic E-state index is -0.209. The number of hydrogen-bond donors (Lipinski definition) is 2. The number of hydrogen-bond acceptors (Lipinski definition) is 3. The Balaban J connectivity index is 0.00000420. The number of halogens is 2. The summed E-state index contributed by atoms with van der Waals surface area (Å²) in [5.74, 6) is 0.681. The van der Waals surface area contributed by atoms with E-state index < -0.39 is 0 Å². The number of guanidine groups is 1. The largest absolute Gasteiger partial charge is 0.370 e. The third kappa shape index (κ3) is 7.31. The fraction of sp³-hybridized carbons (Fsp3) is 0.619. The first-order valence-electron chi connectivity index (χ1n) is 10.4. The number of nitrogens with one attached hydrogen (secondary N) is 2. The Kier molecular flexibility index (Phi) is 11.3. The predicted molar refractivity (Wildman–Crippen MR) is 129 cm³/mol. The van der Waals surface area contributed by atoms with Crippen molar-refractivity contribution < 1.29 is 9.18 Å². The van der Waals surface area contributed by atoms with Crippen LogP contribution in [0, 0.1) is 5.82 Å². The second-order valence-electron chi connectivity index (χ2n) is 6.98. The van der Waals surface area contributed by atoms with Gasteiger partial charge in [-0.1, -0.05) is 13.0 Å². The highest BCUT2D eigenvalue weighted by Crippen LogP contribution is 2.20. The zero-order valence-corrected chi connectivity index (χ0v) is 20.3. The lowest BCUT2D eigenvalue weighted by atomic mass is 10.2. The van der Waals surface area contributed by atoms with Crippen LogP contribution in [0.5, 0.6) is 0 Å². The molecule has 6 nitrogen and oxygen atoms in total. The second kappa shape index (κ2) is 12.9. The lowest BCUT2D eigenvalue weighted by molar-refractivity contribution is -0.129. The summed E-state index contributed by atoms with van der Waals surface area (Å²) in [6.07, 6.45) is 1.44. The number of carbonyl (C=O) groups excluding carboxylic acids is 1. The Bertz CT molecular complexity index is 681. The molecule has 0 aromatic heterocycles. The molecule has 164 valence electrons. The summed E-state index contributed by atoms with van der Waals surface area (Å²) in [6.45, 7) is 12.1. The number of nitrogens with zero attached hydrogens (tertiary/aromatic N) is 3. The molecular weight excluding hydrogens is 484 g/mol. The number of rotatable bonds is 8. The fourth-order valence-electron chi connectivity index (χ4n) is 3.48. The van der Waals surface area contributed by atoms with Crippen molar-refractivity contribution in [2.75, 3.05) is 37.6 Å². The summed E-state index contributed by atoms with van der Waals surface area (Å²) in [5.41, 5.74) is 1.47. The summed E-state index contributed by atoms with van der Waals surface area (Å²) in [7, 11) is 0. The average Bonchev–Trinajstić information content (AvgIpc) is 3.16. The van der Waals surface area contributed by atoms with Crippen molar-refractivity contribution in [3.05, 3.63) is 29.6 Å². The van der Waals surface area contributed by atoms with E-state index in [9.17, 15) is 9.18 Å². The van der Waals surface area contributed by atoms with E-state index in [-0.39, 0.29) is 41.7 Å².